The van der Waals surface area contributed by atoms with E-state index >= 15 is 0 Å². The molecule has 1 aromatic carbocycles. The molecule has 3 rings (SSSR count). The average molecular weight is 478 g/mol. The Morgan fingerprint density at radius 3 is 2.45 bits per heavy atom. The monoisotopic (exact) mass is 477 g/mol. The summed E-state index contributed by atoms with van der Waals surface area (Å²) in [7, 11) is -3.55. The van der Waals surface area contributed by atoms with Crippen LogP contribution in [0.5, 0.6) is 0 Å². The molecule has 2 atom stereocenters. The van der Waals surface area contributed by atoms with Crippen molar-refractivity contribution in [3.05, 3.63) is 52.4 Å². The second kappa shape index (κ2) is 8.59. The van der Waals surface area contributed by atoms with E-state index in [1.54, 1.807) is 20.8 Å². The fourth-order valence-electron chi connectivity index (χ4n) is 3.60. The minimum Gasteiger partial charge on any atom is -0.383 e. The van der Waals surface area contributed by atoms with Gasteiger partial charge in [0, 0.05) is 25.1 Å². The van der Waals surface area contributed by atoms with Gasteiger partial charge in [0.05, 0.1) is 33.0 Å². The maximum atomic E-state index is 13.8. The molecule has 1 saturated carbocycles. The summed E-state index contributed by atoms with van der Waals surface area (Å²) in [4.78, 5) is 19.3. The van der Waals surface area contributed by atoms with Gasteiger partial charge in [-0.05, 0) is 51.1 Å². The fourth-order valence-corrected chi connectivity index (χ4v) is 4.80. The molecule has 1 fully saturated rings. The largest absolute Gasteiger partial charge is 0.383 e. The number of rotatable bonds is 5. The first-order valence-corrected chi connectivity index (χ1v) is 11.7. The zero-order chi connectivity index (χ0) is 24.6. The lowest BCUT2D eigenvalue weighted by molar-refractivity contribution is 0.00640. The number of amidine groups is 1. The van der Waals surface area contributed by atoms with Crippen molar-refractivity contribution in [3.8, 4) is 6.07 Å². The van der Waals surface area contributed by atoms with Crippen molar-refractivity contribution in [3.63, 3.8) is 0 Å². The third-order valence-corrected chi connectivity index (χ3v) is 7.95. The molecule has 11 heteroatoms. The number of nitriles is 1. The second-order valence-corrected chi connectivity index (χ2v) is 11.7. The molecular weight excluding hydrogens is 452 g/mol. The molecule has 0 radical (unpaired) electrons. The minimum atomic E-state index is -3.55. The fraction of sp³-hybridized carbons (Fsp3) is 0.409. The van der Waals surface area contributed by atoms with Crippen LogP contribution in [0.1, 0.15) is 39.2 Å². The number of aromatic nitrogens is 1. The Labute approximate surface area is 190 Å². The first-order chi connectivity index (χ1) is 15.2. The van der Waals surface area contributed by atoms with E-state index < -0.39 is 50.9 Å². The van der Waals surface area contributed by atoms with E-state index in [4.69, 9.17) is 5.73 Å². The van der Waals surface area contributed by atoms with Crippen LogP contribution in [0.3, 0.4) is 0 Å². The summed E-state index contributed by atoms with van der Waals surface area (Å²) in [6.45, 7) is 4.79. The average Bonchev–Trinajstić information content (AvgIpc) is 3.01. The lowest BCUT2D eigenvalue weighted by Crippen LogP contribution is -2.30. The van der Waals surface area contributed by atoms with Gasteiger partial charge in [0.1, 0.15) is 11.4 Å². The van der Waals surface area contributed by atoms with E-state index in [1.165, 1.54) is 36.5 Å². The topological polar surface area (TPSA) is 141 Å². The van der Waals surface area contributed by atoms with Gasteiger partial charge < -0.3 is 16.0 Å². The summed E-state index contributed by atoms with van der Waals surface area (Å²) < 4.78 is 51.8. The first-order valence-electron chi connectivity index (χ1n) is 10.2. The van der Waals surface area contributed by atoms with E-state index in [2.05, 4.69) is 15.3 Å². The molecule has 0 bridgehead atoms. The van der Waals surface area contributed by atoms with Crippen molar-refractivity contribution in [1.82, 2.24) is 4.98 Å². The molecule has 0 spiro atoms. The van der Waals surface area contributed by atoms with Crippen LogP contribution in [0.4, 0.5) is 20.2 Å². The summed E-state index contributed by atoms with van der Waals surface area (Å²) in [5.74, 6) is -4.10. The van der Waals surface area contributed by atoms with Crippen LogP contribution >= 0.6 is 0 Å². The van der Waals surface area contributed by atoms with Gasteiger partial charge in [0.25, 0.3) is 11.5 Å². The van der Waals surface area contributed by atoms with Gasteiger partial charge in [-0.25, -0.2) is 22.2 Å². The normalized spacial score (nSPS) is 20.9. The second-order valence-electron chi connectivity index (χ2n) is 8.95. The van der Waals surface area contributed by atoms with Gasteiger partial charge in [-0.3, -0.25) is 4.79 Å². The molecule has 0 unspecified atom stereocenters. The van der Waals surface area contributed by atoms with Crippen LogP contribution in [-0.4, -0.2) is 35.9 Å². The number of halogens is 2. The van der Waals surface area contributed by atoms with Crippen molar-refractivity contribution in [2.75, 3.05) is 5.32 Å². The summed E-state index contributed by atoms with van der Waals surface area (Å²) in [5, 5.41) is 12.1. The zero-order valence-corrected chi connectivity index (χ0v) is 19.2. The first kappa shape index (κ1) is 24.4. The third-order valence-electron chi connectivity index (χ3n) is 5.45. The van der Waals surface area contributed by atoms with Gasteiger partial charge >= 0.3 is 0 Å². The number of alkyl halides is 2. The SMILES string of the molecule is CC(C)(C)S(=O)(=O)c1ccc(N=C(N)c2c(N[C@H]3CC(F)(F)C[C@@H]3C#N)cc[nH]c2=O)cc1. The van der Waals surface area contributed by atoms with Gasteiger partial charge in [-0.2, -0.15) is 5.26 Å². The lowest BCUT2D eigenvalue weighted by Gasteiger charge is -2.19. The molecule has 0 aliphatic heterocycles. The molecule has 0 amide bonds. The summed E-state index contributed by atoms with van der Waals surface area (Å²) in [5.41, 5.74) is 5.90. The molecular formula is C22H25F2N5O3S. The molecule has 1 aromatic heterocycles. The Morgan fingerprint density at radius 1 is 1.24 bits per heavy atom. The quantitative estimate of drug-likeness (QED) is 0.446. The standard InChI is InChI=1S/C22H25F2N5O3S/c1-21(2,3)33(31,32)15-6-4-14(5-7-15)28-19(26)18-16(8-9-27-20(18)30)29-17-11-22(23,24)10-13(17)12-25/h4-9,13,17H,10-11H2,1-3H3,(H2,26,28)(H2,27,29,30)/t13-,17+/m1/s1. The van der Waals surface area contributed by atoms with Crippen LogP contribution in [0.15, 0.2) is 51.2 Å². The van der Waals surface area contributed by atoms with Crippen molar-refractivity contribution in [2.45, 2.75) is 55.2 Å². The molecule has 1 aliphatic carbocycles. The van der Waals surface area contributed by atoms with E-state index in [-0.39, 0.29) is 22.0 Å². The van der Waals surface area contributed by atoms with Crippen LogP contribution in [0.25, 0.3) is 0 Å². The number of nitrogens with two attached hydrogens (primary N) is 1. The number of hydrogen-bond acceptors (Lipinski definition) is 6. The Kier molecular flexibility index (Phi) is 6.35. The van der Waals surface area contributed by atoms with Gasteiger partial charge in [0.2, 0.25) is 0 Å². The zero-order valence-electron chi connectivity index (χ0n) is 18.4. The Bertz CT molecular complexity index is 1270. The number of pyridine rings is 1. The molecule has 1 heterocycles. The van der Waals surface area contributed by atoms with Crippen LogP contribution in [0, 0.1) is 17.2 Å². The van der Waals surface area contributed by atoms with Crippen molar-refractivity contribution < 1.29 is 17.2 Å². The highest BCUT2D eigenvalue weighted by molar-refractivity contribution is 7.92. The molecule has 33 heavy (non-hydrogen) atoms. The van der Waals surface area contributed by atoms with Crippen LogP contribution in [0.2, 0.25) is 0 Å². The van der Waals surface area contributed by atoms with E-state index in [9.17, 15) is 27.3 Å². The molecule has 2 aromatic rings. The van der Waals surface area contributed by atoms with Crippen molar-refractivity contribution >= 4 is 27.0 Å². The van der Waals surface area contributed by atoms with E-state index in [0.717, 1.165) is 0 Å². The number of nitrogens with one attached hydrogen (secondary N) is 2. The van der Waals surface area contributed by atoms with Gasteiger partial charge in [-0.15, -0.1) is 0 Å². The molecule has 176 valence electrons. The molecule has 8 nitrogen and oxygen atoms in total. The number of sulfone groups is 1. The van der Waals surface area contributed by atoms with E-state index in [1.807, 2.05) is 6.07 Å². The van der Waals surface area contributed by atoms with Gasteiger partial charge in [0.15, 0.2) is 9.84 Å². The summed E-state index contributed by atoms with van der Waals surface area (Å²) in [6.07, 6.45) is 0.230. The minimum absolute atomic E-state index is 0.0594. The Hall–Kier alpha value is -3.26. The highest BCUT2D eigenvalue weighted by Crippen LogP contribution is 2.40. The maximum Gasteiger partial charge on any atom is 0.261 e. The number of H-pyrrole nitrogens is 1. The van der Waals surface area contributed by atoms with Crippen molar-refractivity contribution in [1.29, 1.82) is 5.26 Å². The number of hydrogen-bond donors (Lipinski definition) is 3. The highest BCUT2D eigenvalue weighted by Gasteiger charge is 2.46. The highest BCUT2D eigenvalue weighted by atomic mass is 32.2. The van der Waals surface area contributed by atoms with Crippen LogP contribution in [-0.2, 0) is 9.84 Å². The lowest BCUT2D eigenvalue weighted by atomic mass is 10.0. The Morgan fingerprint density at radius 2 is 1.88 bits per heavy atom. The predicted octanol–water partition coefficient (Wildman–Crippen LogP) is 3.33. The predicted molar refractivity (Wildman–Crippen MR) is 122 cm³/mol. The number of aromatic amines is 1. The number of nitrogens with zero attached hydrogens (tertiary/aromatic N) is 2. The third kappa shape index (κ3) is 5.06. The summed E-state index contributed by atoms with van der Waals surface area (Å²) in [6, 6.07) is 8.20. The number of anilines is 1. The number of aliphatic imine (C=N–C) groups is 1. The summed E-state index contributed by atoms with van der Waals surface area (Å²) >= 11 is 0. The Balaban J connectivity index is 1.93. The smallest absolute Gasteiger partial charge is 0.261 e. The molecule has 0 saturated heterocycles. The maximum absolute atomic E-state index is 13.8. The number of benzene rings is 1. The van der Waals surface area contributed by atoms with Crippen molar-refractivity contribution in [2.24, 2.45) is 16.6 Å². The molecule has 1 aliphatic rings. The van der Waals surface area contributed by atoms with Gasteiger partial charge in [-0.1, -0.05) is 0 Å². The molecule has 4 N–H and O–H groups in total. The van der Waals surface area contributed by atoms with Crippen LogP contribution < -0.4 is 16.6 Å². The van der Waals surface area contributed by atoms with E-state index in [0.29, 0.717) is 5.69 Å².